The highest BCUT2D eigenvalue weighted by Gasteiger charge is 2.11. The summed E-state index contributed by atoms with van der Waals surface area (Å²) >= 11 is 0. The Morgan fingerprint density at radius 2 is 1.87 bits per heavy atom. The molecule has 0 radical (unpaired) electrons. The molecule has 0 spiro atoms. The van der Waals surface area contributed by atoms with E-state index >= 15 is 0 Å². The second-order valence-corrected chi connectivity index (χ2v) is 4.39. The molecule has 1 amide bonds. The van der Waals surface area contributed by atoms with E-state index in [1.165, 1.54) is 0 Å². The van der Waals surface area contributed by atoms with Crippen LogP contribution in [0.15, 0.2) is 0 Å². The lowest BCUT2D eigenvalue weighted by molar-refractivity contribution is -0.122. The van der Waals surface area contributed by atoms with Crippen LogP contribution in [0.4, 0.5) is 0 Å². The number of hydrogen-bond donors (Lipinski definition) is 2. The van der Waals surface area contributed by atoms with Crippen molar-refractivity contribution in [2.45, 2.75) is 39.3 Å². The first-order chi connectivity index (χ1) is 6.95. The summed E-state index contributed by atoms with van der Waals surface area (Å²) in [6.07, 6.45) is 0.547. The van der Waals surface area contributed by atoms with Gasteiger partial charge in [-0.2, -0.15) is 0 Å². The third-order valence-corrected chi connectivity index (χ3v) is 2.09. The molecule has 2 atom stereocenters. The lowest BCUT2D eigenvalue weighted by Gasteiger charge is -2.19. The van der Waals surface area contributed by atoms with Gasteiger partial charge >= 0.3 is 0 Å². The molecule has 15 heavy (non-hydrogen) atoms. The van der Waals surface area contributed by atoms with E-state index in [1.54, 1.807) is 0 Å². The molecule has 0 aromatic rings. The van der Waals surface area contributed by atoms with E-state index in [9.17, 15) is 4.79 Å². The van der Waals surface area contributed by atoms with E-state index < -0.39 is 0 Å². The van der Waals surface area contributed by atoms with Crippen molar-refractivity contribution < 1.29 is 4.79 Å². The molecule has 0 saturated heterocycles. The third-order valence-electron chi connectivity index (χ3n) is 2.09. The highest BCUT2D eigenvalue weighted by atomic mass is 16.1. The van der Waals surface area contributed by atoms with Crippen LogP contribution in [-0.2, 0) is 4.79 Å². The van der Waals surface area contributed by atoms with Crippen molar-refractivity contribution in [2.24, 2.45) is 0 Å². The van der Waals surface area contributed by atoms with Crippen LogP contribution in [0.5, 0.6) is 0 Å². The smallest absolute Gasteiger partial charge is 0.221 e. The maximum atomic E-state index is 11.6. The fourth-order valence-electron chi connectivity index (χ4n) is 1.63. The van der Waals surface area contributed by atoms with Gasteiger partial charge in [-0.05, 0) is 34.5 Å². The Hall–Kier alpha value is -0.610. The zero-order valence-electron chi connectivity index (χ0n) is 10.6. The minimum Gasteiger partial charge on any atom is -0.352 e. The quantitative estimate of drug-likeness (QED) is 0.648. The molecule has 0 heterocycles. The molecule has 0 fully saturated rings. The maximum Gasteiger partial charge on any atom is 0.221 e. The van der Waals surface area contributed by atoms with Crippen molar-refractivity contribution in [3.8, 4) is 0 Å². The Balaban J connectivity index is 3.72. The second-order valence-electron chi connectivity index (χ2n) is 4.39. The van der Waals surface area contributed by atoms with Crippen LogP contribution in [0.1, 0.15) is 27.2 Å². The number of nitrogens with one attached hydrogen (secondary N) is 2. The average Bonchev–Trinajstić information content (AvgIpc) is 2.00. The summed E-state index contributed by atoms with van der Waals surface area (Å²) in [5.74, 6) is 0.123. The van der Waals surface area contributed by atoms with Crippen LogP contribution >= 0.6 is 0 Å². The number of carbonyl (C=O) groups is 1. The van der Waals surface area contributed by atoms with E-state index in [4.69, 9.17) is 0 Å². The summed E-state index contributed by atoms with van der Waals surface area (Å²) in [7, 11) is 4.01. The fraction of sp³-hybridized carbons (Fsp3) is 0.909. The zero-order chi connectivity index (χ0) is 11.8. The Bertz CT molecular complexity index is 183. The molecule has 0 aliphatic rings. The molecule has 0 aromatic carbocycles. The van der Waals surface area contributed by atoms with E-state index in [0.717, 1.165) is 13.1 Å². The van der Waals surface area contributed by atoms with E-state index in [-0.39, 0.29) is 18.0 Å². The molecule has 2 N–H and O–H groups in total. The number of likely N-dealkylation sites (N-methyl/N-ethyl adjacent to an activating group) is 1. The van der Waals surface area contributed by atoms with Gasteiger partial charge < -0.3 is 15.5 Å². The average molecular weight is 215 g/mol. The molecule has 4 heteroatoms. The Morgan fingerprint density at radius 1 is 1.27 bits per heavy atom. The Kier molecular flexibility index (Phi) is 7.34. The first kappa shape index (κ1) is 14.4. The third kappa shape index (κ3) is 8.39. The lowest BCUT2D eigenvalue weighted by Crippen LogP contribution is -2.42. The monoisotopic (exact) mass is 215 g/mol. The topological polar surface area (TPSA) is 44.4 Å². The minimum absolute atomic E-state index is 0.123. The van der Waals surface area contributed by atoms with E-state index in [0.29, 0.717) is 6.42 Å². The van der Waals surface area contributed by atoms with Gasteiger partial charge in [-0.25, -0.2) is 0 Å². The van der Waals surface area contributed by atoms with Crippen LogP contribution < -0.4 is 10.6 Å². The summed E-state index contributed by atoms with van der Waals surface area (Å²) in [6, 6.07) is 0.461. The van der Waals surface area contributed by atoms with Crippen molar-refractivity contribution in [3.63, 3.8) is 0 Å². The van der Waals surface area contributed by atoms with Crippen molar-refractivity contribution in [1.29, 1.82) is 0 Å². The van der Waals surface area contributed by atoms with Gasteiger partial charge in [-0.3, -0.25) is 4.79 Å². The van der Waals surface area contributed by atoms with Gasteiger partial charge in [0.05, 0.1) is 0 Å². The summed E-state index contributed by atoms with van der Waals surface area (Å²) in [5.41, 5.74) is 0. The maximum absolute atomic E-state index is 11.6. The molecular weight excluding hydrogens is 190 g/mol. The fourth-order valence-corrected chi connectivity index (χ4v) is 1.63. The predicted octanol–water partition coefficient (Wildman–Crippen LogP) is 0.441. The zero-order valence-corrected chi connectivity index (χ0v) is 10.6. The first-order valence-corrected chi connectivity index (χ1v) is 5.63. The normalized spacial score (nSPS) is 15.1. The summed E-state index contributed by atoms with van der Waals surface area (Å²) in [6.45, 7) is 7.88. The van der Waals surface area contributed by atoms with E-state index in [1.807, 2.05) is 34.9 Å². The number of amides is 1. The molecule has 0 bridgehead atoms. The van der Waals surface area contributed by atoms with Crippen molar-refractivity contribution in [3.05, 3.63) is 0 Å². The van der Waals surface area contributed by atoms with Gasteiger partial charge in [0, 0.05) is 25.0 Å². The Morgan fingerprint density at radius 3 is 2.33 bits per heavy atom. The molecule has 0 aliphatic carbocycles. The summed E-state index contributed by atoms with van der Waals surface area (Å²) in [5, 5.41) is 6.20. The van der Waals surface area contributed by atoms with Crippen LogP contribution in [0, 0.1) is 0 Å². The first-order valence-electron chi connectivity index (χ1n) is 5.63. The number of nitrogens with zero attached hydrogens (tertiary/aromatic N) is 1. The molecule has 2 unspecified atom stereocenters. The molecule has 0 aromatic heterocycles. The lowest BCUT2D eigenvalue weighted by atomic mass is 10.2. The largest absolute Gasteiger partial charge is 0.352 e. The summed E-state index contributed by atoms with van der Waals surface area (Å²) in [4.78, 5) is 13.6. The van der Waals surface area contributed by atoms with Crippen molar-refractivity contribution in [1.82, 2.24) is 15.5 Å². The molecule has 0 aliphatic heterocycles. The molecular formula is C11H25N3O. The van der Waals surface area contributed by atoms with Gasteiger partial charge in [-0.15, -0.1) is 0 Å². The standard InChI is InChI=1S/C11H25N3O/c1-6-12-9(2)7-11(15)13-10(3)8-14(4)5/h9-10,12H,6-8H2,1-5H3,(H,13,15). The van der Waals surface area contributed by atoms with Crippen LogP contribution in [-0.4, -0.2) is 50.1 Å². The predicted molar refractivity (Wildman–Crippen MR) is 63.9 cm³/mol. The Labute approximate surface area is 93.4 Å². The highest BCUT2D eigenvalue weighted by Crippen LogP contribution is 1.92. The van der Waals surface area contributed by atoms with Crippen LogP contribution in [0.25, 0.3) is 0 Å². The van der Waals surface area contributed by atoms with Crippen molar-refractivity contribution in [2.75, 3.05) is 27.2 Å². The SMILES string of the molecule is CCNC(C)CC(=O)NC(C)CN(C)C. The van der Waals surface area contributed by atoms with E-state index in [2.05, 4.69) is 15.5 Å². The van der Waals surface area contributed by atoms with Gasteiger partial charge in [0.15, 0.2) is 0 Å². The molecule has 90 valence electrons. The molecule has 0 rings (SSSR count). The molecule has 0 saturated carbocycles. The minimum atomic E-state index is 0.123. The molecule has 4 nitrogen and oxygen atoms in total. The highest BCUT2D eigenvalue weighted by molar-refractivity contribution is 5.76. The van der Waals surface area contributed by atoms with Crippen LogP contribution in [0.3, 0.4) is 0 Å². The number of rotatable bonds is 7. The van der Waals surface area contributed by atoms with Crippen molar-refractivity contribution >= 4 is 5.91 Å². The van der Waals surface area contributed by atoms with Gasteiger partial charge in [0.25, 0.3) is 0 Å². The summed E-state index contributed by atoms with van der Waals surface area (Å²) < 4.78 is 0. The van der Waals surface area contributed by atoms with Crippen LogP contribution in [0.2, 0.25) is 0 Å². The van der Waals surface area contributed by atoms with Gasteiger partial charge in [-0.1, -0.05) is 6.92 Å². The number of carbonyl (C=O) groups excluding carboxylic acids is 1. The second kappa shape index (κ2) is 7.65. The van der Waals surface area contributed by atoms with Gasteiger partial charge in [0.2, 0.25) is 5.91 Å². The van der Waals surface area contributed by atoms with Gasteiger partial charge in [0.1, 0.15) is 0 Å². The number of hydrogen-bond acceptors (Lipinski definition) is 3.